The molecule has 0 bridgehead atoms. The zero-order valence-electron chi connectivity index (χ0n) is 10.8. The SMILES string of the molecule is Cc1ccc(C(C)C2CC(N(C)C)C2)nc1. The normalized spacial score (nSPS) is 26.6. The average molecular weight is 218 g/mol. The van der Waals surface area contributed by atoms with Crippen LogP contribution in [0.25, 0.3) is 0 Å². The van der Waals surface area contributed by atoms with Gasteiger partial charge in [-0.15, -0.1) is 0 Å². The first-order chi connectivity index (χ1) is 7.58. The molecule has 2 heteroatoms. The number of pyridine rings is 1. The molecule has 1 heterocycles. The maximum Gasteiger partial charge on any atom is 0.0434 e. The van der Waals surface area contributed by atoms with Crippen molar-refractivity contribution in [2.24, 2.45) is 5.92 Å². The van der Waals surface area contributed by atoms with Gasteiger partial charge in [0.25, 0.3) is 0 Å². The zero-order chi connectivity index (χ0) is 11.7. The quantitative estimate of drug-likeness (QED) is 0.775. The average Bonchev–Trinajstić information content (AvgIpc) is 2.15. The van der Waals surface area contributed by atoms with Gasteiger partial charge in [0.05, 0.1) is 0 Å². The van der Waals surface area contributed by atoms with Gasteiger partial charge in [0, 0.05) is 23.9 Å². The molecule has 0 aromatic carbocycles. The molecule has 0 spiro atoms. The van der Waals surface area contributed by atoms with Gasteiger partial charge in [-0.25, -0.2) is 0 Å². The summed E-state index contributed by atoms with van der Waals surface area (Å²) in [7, 11) is 4.35. The zero-order valence-corrected chi connectivity index (χ0v) is 10.8. The number of hydrogen-bond donors (Lipinski definition) is 0. The Kier molecular flexibility index (Phi) is 3.29. The molecule has 1 fully saturated rings. The van der Waals surface area contributed by atoms with Gasteiger partial charge in [0.15, 0.2) is 0 Å². The Morgan fingerprint density at radius 2 is 2.00 bits per heavy atom. The fraction of sp³-hybridized carbons (Fsp3) is 0.643. The van der Waals surface area contributed by atoms with E-state index in [9.17, 15) is 0 Å². The highest BCUT2D eigenvalue weighted by Crippen LogP contribution is 2.40. The van der Waals surface area contributed by atoms with E-state index in [2.05, 4.69) is 50.0 Å². The van der Waals surface area contributed by atoms with Crippen LogP contribution >= 0.6 is 0 Å². The van der Waals surface area contributed by atoms with Crippen molar-refractivity contribution >= 4 is 0 Å². The molecule has 1 unspecified atom stereocenters. The molecule has 1 aromatic heterocycles. The van der Waals surface area contributed by atoms with Gasteiger partial charge < -0.3 is 4.90 Å². The fourth-order valence-corrected chi connectivity index (χ4v) is 2.45. The van der Waals surface area contributed by atoms with Crippen LogP contribution in [0.4, 0.5) is 0 Å². The van der Waals surface area contributed by atoms with E-state index in [-0.39, 0.29) is 0 Å². The van der Waals surface area contributed by atoms with Crippen LogP contribution in [0, 0.1) is 12.8 Å². The van der Waals surface area contributed by atoms with E-state index < -0.39 is 0 Å². The van der Waals surface area contributed by atoms with E-state index in [0.717, 1.165) is 12.0 Å². The monoisotopic (exact) mass is 218 g/mol. The van der Waals surface area contributed by atoms with E-state index in [4.69, 9.17) is 0 Å². The minimum absolute atomic E-state index is 0.608. The minimum Gasteiger partial charge on any atom is -0.306 e. The van der Waals surface area contributed by atoms with Crippen molar-refractivity contribution in [2.45, 2.75) is 38.6 Å². The second kappa shape index (κ2) is 4.54. The van der Waals surface area contributed by atoms with Crippen LogP contribution in [-0.4, -0.2) is 30.0 Å². The molecule has 0 aliphatic heterocycles. The number of aromatic nitrogens is 1. The van der Waals surface area contributed by atoms with Crippen LogP contribution in [0.3, 0.4) is 0 Å². The van der Waals surface area contributed by atoms with Crippen molar-refractivity contribution in [3.63, 3.8) is 0 Å². The van der Waals surface area contributed by atoms with Crippen molar-refractivity contribution in [1.29, 1.82) is 0 Å². The Morgan fingerprint density at radius 3 is 2.50 bits per heavy atom. The number of hydrogen-bond acceptors (Lipinski definition) is 2. The summed E-state index contributed by atoms with van der Waals surface area (Å²) in [6.45, 7) is 4.40. The molecule has 1 aliphatic carbocycles. The van der Waals surface area contributed by atoms with Gasteiger partial charge in [0.1, 0.15) is 0 Å². The summed E-state index contributed by atoms with van der Waals surface area (Å²) < 4.78 is 0. The van der Waals surface area contributed by atoms with Gasteiger partial charge in [0.2, 0.25) is 0 Å². The first kappa shape index (κ1) is 11.6. The van der Waals surface area contributed by atoms with Crippen LogP contribution in [-0.2, 0) is 0 Å². The number of rotatable bonds is 3. The van der Waals surface area contributed by atoms with Crippen molar-refractivity contribution in [3.05, 3.63) is 29.6 Å². The summed E-state index contributed by atoms with van der Waals surface area (Å²) in [4.78, 5) is 6.88. The van der Waals surface area contributed by atoms with Gasteiger partial charge in [-0.1, -0.05) is 13.0 Å². The standard InChI is InChI=1S/C14H22N2/c1-10-5-6-14(15-9-10)11(2)12-7-13(8-12)16(3)4/h5-6,9,11-13H,7-8H2,1-4H3. The van der Waals surface area contributed by atoms with Crippen LogP contribution in [0.1, 0.15) is 36.9 Å². The molecule has 88 valence electrons. The third kappa shape index (κ3) is 2.27. The Labute approximate surface area is 98.7 Å². The molecular weight excluding hydrogens is 196 g/mol. The first-order valence-electron chi connectivity index (χ1n) is 6.17. The first-order valence-corrected chi connectivity index (χ1v) is 6.17. The number of nitrogens with zero attached hydrogens (tertiary/aromatic N) is 2. The van der Waals surface area contributed by atoms with Gasteiger partial charge >= 0.3 is 0 Å². The van der Waals surface area contributed by atoms with E-state index in [1.807, 2.05) is 6.20 Å². The summed E-state index contributed by atoms with van der Waals surface area (Å²) in [6.07, 6.45) is 4.63. The predicted molar refractivity (Wildman–Crippen MR) is 67.6 cm³/mol. The summed E-state index contributed by atoms with van der Waals surface area (Å²) >= 11 is 0. The lowest BCUT2D eigenvalue weighted by Gasteiger charge is -2.42. The molecule has 1 aliphatic rings. The number of aryl methyl sites for hydroxylation is 1. The highest BCUT2D eigenvalue weighted by molar-refractivity contribution is 5.16. The maximum atomic E-state index is 4.54. The third-order valence-electron chi connectivity index (χ3n) is 3.99. The molecule has 0 radical (unpaired) electrons. The summed E-state index contributed by atoms with van der Waals surface area (Å²) in [6, 6.07) is 5.14. The predicted octanol–water partition coefficient (Wildman–Crippen LogP) is 2.83. The lowest BCUT2D eigenvalue weighted by Crippen LogP contribution is -2.42. The largest absolute Gasteiger partial charge is 0.306 e. The molecule has 16 heavy (non-hydrogen) atoms. The minimum atomic E-state index is 0.608. The topological polar surface area (TPSA) is 16.1 Å². The highest BCUT2D eigenvalue weighted by Gasteiger charge is 2.34. The van der Waals surface area contributed by atoms with Crippen molar-refractivity contribution < 1.29 is 0 Å². The van der Waals surface area contributed by atoms with Crippen molar-refractivity contribution in [1.82, 2.24) is 9.88 Å². The summed E-state index contributed by atoms with van der Waals surface area (Å²) in [5.74, 6) is 1.43. The van der Waals surface area contributed by atoms with Crippen LogP contribution < -0.4 is 0 Å². The van der Waals surface area contributed by atoms with E-state index in [1.54, 1.807) is 0 Å². The Bertz CT molecular complexity index is 336. The smallest absolute Gasteiger partial charge is 0.0434 e. The van der Waals surface area contributed by atoms with Crippen LogP contribution in [0.15, 0.2) is 18.3 Å². The summed E-state index contributed by atoms with van der Waals surface area (Å²) in [5, 5.41) is 0. The second-order valence-corrected chi connectivity index (χ2v) is 5.40. The van der Waals surface area contributed by atoms with Crippen LogP contribution in [0.2, 0.25) is 0 Å². The molecule has 1 saturated carbocycles. The third-order valence-corrected chi connectivity index (χ3v) is 3.99. The highest BCUT2D eigenvalue weighted by atomic mass is 15.1. The Hall–Kier alpha value is -0.890. The molecule has 0 amide bonds. The Morgan fingerprint density at radius 1 is 1.31 bits per heavy atom. The molecular formula is C14H22N2. The fourth-order valence-electron chi connectivity index (χ4n) is 2.45. The molecule has 2 nitrogen and oxygen atoms in total. The lowest BCUT2D eigenvalue weighted by atomic mass is 9.71. The molecule has 1 aromatic rings. The second-order valence-electron chi connectivity index (χ2n) is 5.40. The molecule has 2 rings (SSSR count). The van der Waals surface area contributed by atoms with Gasteiger partial charge in [-0.3, -0.25) is 4.98 Å². The van der Waals surface area contributed by atoms with Crippen LogP contribution in [0.5, 0.6) is 0 Å². The van der Waals surface area contributed by atoms with Gasteiger partial charge in [-0.2, -0.15) is 0 Å². The maximum absolute atomic E-state index is 4.54. The van der Waals surface area contributed by atoms with E-state index in [1.165, 1.54) is 24.1 Å². The van der Waals surface area contributed by atoms with Crippen molar-refractivity contribution in [3.8, 4) is 0 Å². The van der Waals surface area contributed by atoms with E-state index >= 15 is 0 Å². The molecule has 0 saturated heterocycles. The lowest BCUT2D eigenvalue weighted by molar-refractivity contribution is 0.107. The Balaban J connectivity index is 1.94. The van der Waals surface area contributed by atoms with Gasteiger partial charge in [-0.05, 0) is 51.4 Å². The van der Waals surface area contributed by atoms with E-state index in [0.29, 0.717) is 5.92 Å². The van der Waals surface area contributed by atoms with Crippen molar-refractivity contribution in [2.75, 3.05) is 14.1 Å². The molecule has 1 atom stereocenters. The molecule has 0 N–H and O–H groups in total. The summed E-state index contributed by atoms with van der Waals surface area (Å²) in [5.41, 5.74) is 2.50.